The van der Waals surface area contributed by atoms with E-state index in [1.54, 1.807) is 0 Å². The third-order valence-electron chi connectivity index (χ3n) is 4.40. The van der Waals surface area contributed by atoms with Gasteiger partial charge in [0.2, 0.25) is 0 Å². The van der Waals surface area contributed by atoms with Crippen LogP contribution in [0, 0.1) is 6.92 Å². The summed E-state index contributed by atoms with van der Waals surface area (Å²) in [4.78, 5) is 10.8. The van der Waals surface area contributed by atoms with E-state index < -0.39 is 0 Å². The van der Waals surface area contributed by atoms with Gasteiger partial charge in [0.05, 0.1) is 17.1 Å². The van der Waals surface area contributed by atoms with Crippen LogP contribution in [0.15, 0.2) is 18.2 Å². The number of aryl methyl sites for hydroxylation is 1. The van der Waals surface area contributed by atoms with Crippen molar-refractivity contribution in [3.63, 3.8) is 0 Å². The van der Waals surface area contributed by atoms with Crippen molar-refractivity contribution in [3.05, 3.63) is 29.6 Å². The van der Waals surface area contributed by atoms with E-state index in [4.69, 9.17) is 4.98 Å². The second kappa shape index (κ2) is 4.97. The van der Waals surface area contributed by atoms with Crippen LogP contribution in [0.25, 0.3) is 11.0 Å². The molecule has 0 aliphatic carbocycles. The lowest BCUT2D eigenvalue weighted by Crippen LogP contribution is -2.39. The molecule has 2 atom stereocenters. The number of aromatic amines is 1. The Hall–Kier alpha value is -1.35. The highest BCUT2D eigenvalue weighted by atomic mass is 15.2. The first-order chi connectivity index (χ1) is 9.15. The van der Waals surface area contributed by atoms with E-state index in [9.17, 15) is 0 Å². The van der Waals surface area contributed by atoms with Crippen LogP contribution in [-0.2, 0) is 0 Å². The fraction of sp³-hybridized carbons (Fsp3) is 0.562. The highest BCUT2D eigenvalue weighted by molar-refractivity contribution is 5.75. The molecule has 2 aromatic rings. The number of nitrogens with one attached hydrogen (secondary N) is 1. The predicted molar refractivity (Wildman–Crippen MR) is 79.3 cm³/mol. The summed E-state index contributed by atoms with van der Waals surface area (Å²) < 4.78 is 0. The molecule has 3 heteroatoms. The molecule has 0 bridgehead atoms. The molecule has 19 heavy (non-hydrogen) atoms. The van der Waals surface area contributed by atoms with Crippen LogP contribution in [0.3, 0.4) is 0 Å². The van der Waals surface area contributed by atoms with Crippen molar-refractivity contribution in [2.24, 2.45) is 0 Å². The van der Waals surface area contributed by atoms with Gasteiger partial charge in [-0.05, 0) is 57.9 Å². The van der Waals surface area contributed by atoms with Gasteiger partial charge in [0, 0.05) is 6.04 Å². The van der Waals surface area contributed by atoms with Gasteiger partial charge in [0.15, 0.2) is 0 Å². The largest absolute Gasteiger partial charge is 0.341 e. The highest BCUT2D eigenvalue weighted by Gasteiger charge is 2.25. The van der Waals surface area contributed by atoms with Crippen molar-refractivity contribution in [2.75, 3.05) is 6.54 Å². The molecule has 3 rings (SSSR count). The summed E-state index contributed by atoms with van der Waals surface area (Å²) in [5.74, 6) is 1.11. The maximum Gasteiger partial charge on any atom is 0.124 e. The third-order valence-corrected chi connectivity index (χ3v) is 4.40. The molecule has 0 radical (unpaired) electrons. The van der Waals surface area contributed by atoms with Crippen molar-refractivity contribution in [2.45, 2.75) is 52.1 Å². The van der Waals surface area contributed by atoms with Crippen molar-refractivity contribution in [1.82, 2.24) is 14.9 Å². The second-order valence-electron chi connectivity index (χ2n) is 5.90. The van der Waals surface area contributed by atoms with Crippen molar-refractivity contribution < 1.29 is 0 Å². The Labute approximate surface area is 115 Å². The highest BCUT2D eigenvalue weighted by Crippen LogP contribution is 2.28. The van der Waals surface area contributed by atoms with Crippen LogP contribution < -0.4 is 0 Å². The predicted octanol–water partition coefficient (Wildman–Crippen LogP) is 3.81. The zero-order valence-electron chi connectivity index (χ0n) is 12.1. The van der Waals surface area contributed by atoms with Gasteiger partial charge in [-0.2, -0.15) is 0 Å². The zero-order valence-corrected chi connectivity index (χ0v) is 12.1. The maximum atomic E-state index is 4.77. The minimum atomic E-state index is 0.378. The van der Waals surface area contributed by atoms with Gasteiger partial charge >= 0.3 is 0 Å². The number of nitrogens with zero attached hydrogens (tertiary/aromatic N) is 2. The number of fused-ring (bicyclic) bond motifs is 1. The van der Waals surface area contributed by atoms with Crippen molar-refractivity contribution in [1.29, 1.82) is 0 Å². The number of aromatic nitrogens is 2. The van der Waals surface area contributed by atoms with Gasteiger partial charge in [-0.3, -0.25) is 4.90 Å². The molecule has 0 spiro atoms. The lowest BCUT2D eigenvalue weighted by Gasteiger charge is -2.37. The quantitative estimate of drug-likeness (QED) is 0.887. The van der Waals surface area contributed by atoms with Crippen LogP contribution in [0.4, 0.5) is 0 Å². The molecule has 1 aromatic heterocycles. The Bertz CT molecular complexity index is 572. The summed E-state index contributed by atoms with van der Waals surface area (Å²) in [7, 11) is 0. The van der Waals surface area contributed by atoms with E-state index in [2.05, 4.69) is 48.9 Å². The molecule has 3 nitrogen and oxygen atoms in total. The Morgan fingerprint density at radius 3 is 3.00 bits per heavy atom. The first-order valence-electron chi connectivity index (χ1n) is 7.37. The molecular formula is C16H23N3. The van der Waals surface area contributed by atoms with Crippen LogP contribution >= 0.6 is 0 Å². The van der Waals surface area contributed by atoms with E-state index in [0.717, 1.165) is 16.9 Å². The molecule has 1 aromatic carbocycles. The number of hydrogen-bond donors (Lipinski definition) is 1. The number of likely N-dealkylation sites (tertiary alicyclic amines) is 1. The van der Waals surface area contributed by atoms with Gasteiger partial charge in [-0.1, -0.05) is 12.5 Å². The number of piperidine rings is 1. The molecule has 1 N–H and O–H groups in total. The Kier molecular flexibility index (Phi) is 3.31. The van der Waals surface area contributed by atoms with Crippen molar-refractivity contribution >= 4 is 11.0 Å². The number of imidazole rings is 1. The van der Waals surface area contributed by atoms with Crippen LogP contribution in [0.1, 0.15) is 50.5 Å². The minimum Gasteiger partial charge on any atom is -0.341 e. The van der Waals surface area contributed by atoms with Crippen molar-refractivity contribution in [3.8, 4) is 0 Å². The van der Waals surface area contributed by atoms with Gasteiger partial charge in [-0.15, -0.1) is 0 Å². The molecule has 1 fully saturated rings. The third kappa shape index (κ3) is 2.39. The molecule has 2 heterocycles. The Morgan fingerprint density at radius 2 is 2.21 bits per heavy atom. The first kappa shape index (κ1) is 12.7. The number of H-pyrrole nitrogens is 1. The van der Waals surface area contributed by atoms with Crippen LogP contribution in [0.5, 0.6) is 0 Å². The van der Waals surface area contributed by atoms with Crippen LogP contribution in [-0.4, -0.2) is 27.5 Å². The van der Waals surface area contributed by atoms with Gasteiger partial charge < -0.3 is 4.98 Å². The SMILES string of the molecule is Cc1ccc2nc(C(C)N3CCCCC3C)[nH]c2c1. The molecule has 1 aliphatic heterocycles. The van der Waals surface area contributed by atoms with Gasteiger partial charge in [-0.25, -0.2) is 4.98 Å². The molecule has 1 aliphatic rings. The first-order valence-corrected chi connectivity index (χ1v) is 7.37. The molecule has 0 saturated carbocycles. The minimum absolute atomic E-state index is 0.378. The normalized spacial score (nSPS) is 22.8. The van der Waals surface area contributed by atoms with E-state index in [-0.39, 0.29) is 0 Å². The summed E-state index contributed by atoms with van der Waals surface area (Å²) in [5.41, 5.74) is 3.52. The molecule has 2 unspecified atom stereocenters. The number of benzene rings is 1. The van der Waals surface area contributed by atoms with E-state index in [0.29, 0.717) is 12.1 Å². The summed E-state index contributed by atoms with van der Waals surface area (Å²) in [6.07, 6.45) is 3.99. The Morgan fingerprint density at radius 1 is 1.37 bits per heavy atom. The summed E-state index contributed by atoms with van der Waals surface area (Å²) in [6, 6.07) is 7.46. The fourth-order valence-corrected chi connectivity index (χ4v) is 3.19. The molecule has 102 valence electrons. The monoisotopic (exact) mass is 257 g/mol. The van der Waals surface area contributed by atoms with Gasteiger partial charge in [0.25, 0.3) is 0 Å². The molecule has 1 saturated heterocycles. The lowest BCUT2D eigenvalue weighted by atomic mass is 10.0. The van der Waals surface area contributed by atoms with E-state index in [1.807, 2.05) is 0 Å². The van der Waals surface area contributed by atoms with Crippen LogP contribution in [0.2, 0.25) is 0 Å². The summed E-state index contributed by atoms with van der Waals surface area (Å²) in [6.45, 7) is 7.92. The fourth-order valence-electron chi connectivity index (χ4n) is 3.19. The topological polar surface area (TPSA) is 31.9 Å². The molecule has 0 amide bonds. The van der Waals surface area contributed by atoms with E-state index in [1.165, 1.54) is 31.4 Å². The van der Waals surface area contributed by atoms with E-state index >= 15 is 0 Å². The lowest BCUT2D eigenvalue weighted by molar-refractivity contribution is 0.110. The summed E-state index contributed by atoms with van der Waals surface area (Å²) >= 11 is 0. The number of rotatable bonds is 2. The standard InChI is InChI=1S/C16H23N3/c1-11-7-8-14-15(10-11)18-16(17-14)13(3)19-9-5-4-6-12(19)2/h7-8,10,12-13H,4-6,9H2,1-3H3,(H,17,18). The Balaban J connectivity index is 1.90. The second-order valence-corrected chi connectivity index (χ2v) is 5.90. The zero-order chi connectivity index (χ0) is 13.4. The number of hydrogen-bond acceptors (Lipinski definition) is 2. The summed E-state index contributed by atoms with van der Waals surface area (Å²) in [5, 5.41) is 0. The smallest absolute Gasteiger partial charge is 0.124 e. The van der Waals surface area contributed by atoms with Gasteiger partial charge in [0.1, 0.15) is 5.82 Å². The molecular weight excluding hydrogens is 234 g/mol. The average molecular weight is 257 g/mol. The maximum absolute atomic E-state index is 4.77. The average Bonchev–Trinajstić information content (AvgIpc) is 2.81.